The van der Waals surface area contributed by atoms with Crippen LogP contribution in [0, 0.1) is 16.0 Å². The lowest BCUT2D eigenvalue weighted by molar-refractivity contribution is -0.383. The lowest BCUT2D eigenvalue weighted by Crippen LogP contribution is -2.24. The van der Waals surface area contributed by atoms with Crippen molar-refractivity contribution in [3.8, 4) is 0 Å². The molecule has 0 bridgehead atoms. The standard InChI is InChI=1S/C10H18N4O4S2/c1-7(2)4-3-5-12-20(17,18)9-6-8(14(15)16)10(13-11)19-9/h6-7,12-13H,3-5,11H2,1-2H3. The average molecular weight is 322 g/mol. The Morgan fingerprint density at radius 2 is 2.15 bits per heavy atom. The van der Waals surface area contributed by atoms with Crippen LogP contribution < -0.4 is 16.0 Å². The van der Waals surface area contributed by atoms with Crippen molar-refractivity contribution in [2.75, 3.05) is 12.0 Å². The fourth-order valence-electron chi connectivity index (χ4n) is 1.52. The number of thiophene rings is 1. The molecule has 20 heavy (non-hydrogen) atoms. The molecule has 0 aliphatic rings. The molecule has 0 aliphatic carbocycles. The minimum Gasteiger partial charge on any atom is -0.310 e. The van der Waals surface area contributed by atoms with E-state index in [0.29, 0.717) is 18.9 Å². The molecule has 4 N–H and O–H groups in total. The Balaban J connectivity index is 2.80. The summed E-state index contributed by atoms with van der Waals surface area (Å²) < 4.78 is 26.3. The Bertz CT molecular complexity index is 568. The number of anilines is 1. The Morgan fingerprint density at radius 3 is 2.60 bits per heavy atom. The van der Waals surface area contributed by atoms with Crippen LogP contribution in [0.25, 0.3) is 0 Å². The van der Waals surface area contributed by atoms with Gasteiger partial charge in [-0.05, 0) is 18.8 Å². The molecule has 0 fully saturated rings. The highest BCUT2D eigenvalue weighted by Gasteiger charge is 2.25. The Kier molecular flexibility index (Phi) is 5.87. The van der Waals surface area contributed by atoms with Gasteiger partial charge in [0.2, 0.25) is 10.0 Å². The van der Waals surface area contributed by atoms with E-state index in [2.05, 4.69) is 24.0 Å². The normalized spacial score (nSPS) is 11.8. The zero-order valence-corrected chi connectivity index (χ0v) is 12.9. The van der Waals surface area contributed by atoms with Gasteiger partial charge in [0.05, 0.1) is 4.92 Å². The van der Waals surface area contributed by atoms with Crippen LogP contribution in [0.1, 0.15) is 26.7 Å². The smallest absolute Gasteiger partial charge is 0.306 e. The number of nitrogens with zero attached hydrogens (tertiary/aromatic N) is 1. The quantitative estimate of drug-likeness (QED) is 0.289. The SMILES string of the molecule is CC(C)CCCNS(=O)(=O)c1cc([N+](=O)[O-])c(NN)s1. The predicted molar refractivity (Wildman–Crippen MR) is 78.0 cm³/mol. The number of sulfonamides is 1. The van der Waals surface area contributed by atoms with Crippen molar-refractivity contribution < 1.29 is 13.3 Å². The summed E-state index contributed by atoms with van der Waals surface area (Å²) in [5, 5.41) is 10.8. The first-order valence-electron chi connectivity index (χ1n) is 6.02. The first kappa shape index (κ1) is 16.8. The average Bonchev–Trinajstić information content (AvgIpc) is 2.79. The molecular formula is C10H18N4O4S2. The van der Waals surface area contributed by atoms with Crippen LogP contribution in [-0.2, 0) is 10.0 Å². The van der Waals surface area contributed by atoms with Crippen molar-refractivity contribution in [3.05, 3.63) is 16.2 Å². The number of hydrogen-bond acceptors (Lipinski definition) is 7. The summed E-state index contributed by atoms with van der Waals surface area (Å²) in [6.07, 6.45) is 1.62. The minimum atomic E-state index is -3.73. The summed E-state index contributed by atoms with van der Waals surface area (Å²) in [6, 6.07) is 1.00. The molecule has 1 rings (SSSR count). The topological polar surface area (TPSA) is 127 Å². The lowest BCUT2D eigenvalue weighted by Gasteiger charge is -2.06. The van der Waals surface area contributed by atoms with Gasteiger partial charge in [-0.2, -0.15) is 0 Å². The molecule has 0 unspecified atom stereocenters. The second kappa shape index (κ2) is 6.97. The van der Waals surface area contributed by atoms with E-state index in [0.717, 1.165) is 23.8 Å². The maximum Gasteiger partial charge on any atom is 0.306 e. The number of hydrogen-bond donors (Lipinski definition) is 3. The third-order valence-electron chi connectivity index (χ3n) is 2.53. The zero-order chi connectivity index (χ0) is 15.3. The first-order chi connectivity index (χ1) is 9.27. The van der Waals surface area contributed by atoms with Gasteiger partial charge in [0, 0.05) is 12.6 Å². The maximum absolute atomic E-state index is 12.0. The summed E-state index contributed by atoms with van der Waals surface area (Å²) in [5.41, 5.74) is 1.79. The van der Waals surface area contributed by atoms with Crippen LogP contribution >= 0.6 is 11.3 Å². The van der Waals surface area contributed by atoms with Gasteiger partial charge >= 0.3 is 5.69 Å². The van der Waals surface area contributed by atoms with E-state index in [1.807, 2.05) is 0 Å². The molecule has 0 aliphatic heterocycles. The molecule has 8 nitrogen and oxygen atoms in total. The number of rotatable bonds is 8. The molecule has 0 radical (unpaired) electrons. The summed E-state index contributed by atoms with van der Waals surface area (Å²) in [6.45, 7) is 4.41. The van der Waals surface area contributed by atoms with Crippen molar-refractivity contribution >= 4 is 32.0 Å². The van der Waals surface area contributed by atoms with E-state index in [-0.39, 0.29) is 14.9 Å². The molecule has 0 aromatic carbocycles. The second-order valence-electron chi connectivity index (χ2n) is 4.62. The predicted octanol–water partition coefficient (Wildman–Crippen LogP) is 1.66. The minimum absolute atomic E-state index is 0.0116. The summed E-state index contributed by atoms with van der Waals surface area (Å²) in [7, 11) is -3.73. The van der Waals surface area contributed by atoms with Crippen molar-refractivity contribution in [2.24, 2.45) is 11.8 Å². The highest BCUT2D eigenvalue weighted by atomic mass is 32.2. The molecule has 0 saturated carbocycles. The van der Waals surface area contributed by atoms with Crippen molar-refractivity contribution in [3.63, 3.8) is 0 Å². The van der Waals surface area contributed by atoms with E-state index >= 15 is 0 Å². The van der Waals surface area contributed by atoms with Crippen LogP contribution in [0.4, 0.5) is 10.7 Å². The summed E-state index contributed by atoms with van der Waals surface area (Å²) >= 11 is 0.731. The molecule has 0 saturated heterocycles. The third-order valence-corrected chi connectivity index (χ3v) is 5.52. The van der Waals surface area contributed by atoms with Crippen LogP contribution in [0.2, 0.25) is 0 Å². The van der Waals surface area contributed by atoms with Gasteiger partial charge < -0.3 is 5.43 Å². The van der Waals surface area contributed by atoms with Gasteiger partial charge in [-0.1, -0.05) is 25.2 Å². The van der Waals surface area contributed by atoms with Crippen LogP contribution in [0.3, 0.4) is 0 Å². The second-order valence-corrected chi connectivity index (χ2v) is 7.66. The molecule has 1 aromatic rings. The Labute approximate surface area is 121 Å². The van der Waals surface area contributed by atoms with Crippen molar-refractivity contribution in [1.82, 2.24) is 4.72 Å². The van der Waals surface area contributed by atoms with Crippen molar-refractivity contribution in [1.29, 1.82) is 0 Å². The summed E-state index contributed by atoms with van der Waals surface area (Å²) in [4.78, 5) is 10.1. The molecule has 0 amide bonds. The number of nitrogen functional groups attached to an aromatic ring is 1. The fourth-order valence-corrected chi connectivity index (χ4v) is 3.88. The van der Waals surface area contributed by atoms with Crippen LogP contribution in [0.5, 0.6) is 0 Å². The monoisotopic (exact) mass is 322 g/mol. The maximum atomic E-state index is 12.0. The van der Waals surface area contributed by atoms with Gasteiger partial charge in [-0.15, -0.1) is 0 Å². The van der Waals surface area contributed by atoms with E-state index in [9.17, 15) is 18.5 Å². The van der Waals surface area contributed by atoms with Gasteiger partial charge in [-0.3, -0.25) is 10.1 Å². The number of nitrogens with two attached hydrogens (primary N) is 1. The largest absolute Gasteiger partial charge is 0.310 e. The van der Waals surface area contributed by atoms with Crippen molar-refractivity contribution in [2.45, 2.75) is 30.9 Å². The number of hydrazine groups is 1. The van der Waals surface area contributed by atoms with E-state index in [4.69, 9.17) is 5.84 Å². The molecular weight excluding hydrogens is 304 g/mol. The first-order valence-corrected chi connectivity index (χ1v) is 8.32. The third kappa shape index (κ3) is 4.40. The molecule has 0 atom stereocenters. The van der Waals surface area contributed by atoms with E-state index in [1.165, 1.54) is 0 Å². The molecule has 1 heterocycles. The van der Waals surface area contributed by atoms with Gasteiger partial charge in [0.25, 0.3) is 0 Å². The van der Waals surface area contributed by atoms with E-state index in [1.54, 1.807) is 0 Å². The number of nitrogens with one attached hydrogen (secondary N) is 2. The molecule has 10 heteroatoms. The fraction of sp³-hybridized carbons (Fsp3) is 0.600. The van der Waals surface area contributed by atoms with Gasteiger partial charge in [0.1, 0.15) is 4.21 Å². The highest BCUT2D eigenvalue weighted by molar-refractivity contribution is 7.91. The van der Waals surface area contributed by atoms with E-state index < -0.39 is 14.9 Å². The van der Waals surface area contributed by atoms with Gasteiger partial charge in [0.15, 0.2) is 5.00 Å². The van der Waals surface area contributed by atoms with Gasteiger partial charge in [-0.25, -0.2) is 19.0 Å². The summed E-state index contributed by atoms with van der Waals surface area (Å²) in [5.74, 6) is 5.64. The lowest BCUT2D eigenvalue weighted by atomic mass is 10.1. The Hall–Kier alpha value is -1.23. The molecule has 114 valence electrons. The Morgan fingerprint density at radius 1 is 1.50 bits per heavy atom. The number of nitro groups is 1. The van der Waals surface area contributed by atoms with Crippen LogP contribution in [-0.4, -0.2) is 19.9 Å². The highest BCUT2D eigenvalue weighted by Crippen LogP contribution is 2.36. The molecule has 0 spiro atoms. The van der Waals surface area contributed by atoms with Crippen LogP contribution in [0.15, 0.2) is 10.3 Å². The molecule has 1 aromatic heterocycles. The zero-order valence-electron chi connectivity index (χ0n) is 11.3.